The van der Waals surface area contributed by atoms with Crippen LogP contribution in [-0.4, -0.2) is 24.8 Å². The van der Waals surface area contributed by atoms with E-state index in [0.29, 0.717) is 23.2 Å². The molecule has 3 heteroatoms. The molecule has 3 nitrogen and oxygen atoms in total. The van der Waals surface area contributed by atoms with Gasteiger partial charge in [-0.3, -0.25) is 4.79 Å². The van der Waals surface area contributed by atoms with Crippen LogP contribution in [0, 0.1) is 34.5 Å². The van der Waals surface area contributed by atoms with Crippen molar-refractivity contribution in [1.82, 2.24) is 0 Å². The second-order valence-corrected chi connectivity index (χ2v) is 10.6. The van der Waals surface area contributed by atoms with Gasteiger partial charge in [-0.2, -0.15) is 0 Å². The second kappa shape index (κ2) is 6.69. The molecule has 0 unspecified atom stereocenters. The number of rotatable bonds is 2. The SMILES string of the molecule is C[C@]12C=CC(=O)C[C@@H]1CC[C@@H]1[C@@H]2CC[C@]2(C)[C@@H](O[C@@H]3CCCCO3)CC[C@@H]12. The number of fused-ring (bicyclic) bond motifs is 5. The normalized spacial score (nSPS) is 52.1. The van der Waals surface area contributed by atoms with Crippen LogP contribution >= 0.6 is 0 Å². The van der Waals surface area contributed by atoms with Gasteiger partial charge in [-0.15, -0.1) is 0 Å². The van der Waals surface area contributed by atoms with Crippen molar-refractivity contribution in [3.05, 3.63) is 12.2 Å². The number of carbonyl (C=O) groups excluding carboxylic acids is 1. The molecule has 150 valence electrons. The van der Waals surface area contributed by atoms with Crippen LogP contribution in [0.1, 0.15) is 78.1 Å². The lowest BCUT2D eigenvalue weighted by Crippen LogP contribution is -2.53. The monoisotopic (exact) mass is 372 g/mol. The molecule has 0 aromatic heterocycles. The maximum Gasteiger partial charge on any atom is 0.157 e. The van der Waals surface area contributed by atoms with Gasteiger partial charge in [0.15, 0.2) is 12.1 Å². The van der Waals surface area contributed by atoms with Crippen molar-refractivity contribution in [3.63, 3.8) is 0 Å². The van der Waals surface area contributed by atoms with Gasteiger partial charge in [-0.25, -0.2) is 0 Å². The Morgan fingerprint density at radius 2 is 1.93 bits per heavy atom. The highest BCUT2D eigenvalue weighted by atomic mass is 16.7. The summed E-state index contributed by atoms with van der Waals surface area (Å²) in [5.74, 6) is 3.27. The van der Waals surface area contributed by atoms with Gasteiger partial charge < -0.3 is 9.47 Å². The predicted molar refractivity (Wildman–Crippen MR) is 105 cm³/mol. The summed E-state index contributed by atoms with van der Waals surface area (Å²) in [7, 11) is 0. The van der Waals surface area contributed by atoms with Crippen molar-refractivity contribution in [2.75, 3.05) is 6.61 Å². The number of hydrogen-bond donors (Lipinski definition) is 0. The van der Waals surface area contributed by atoms with E-state index in [1.54, 1.807) is 0 Å². The van der Waals surface area contributed by atoms with Gasteiger partial charge in [-0.05, 0) is 98.4 Å². The Balaban J connectivity index is 1.35. The van der Waals surface area contributed by atoms with E-state index in [0.717, 1.165) is 37.2 Å². The number of allylic oxidation sites excluding steroid dienone is 2. The van der Waals surface area contributed by atoms with Gasteiger partial charge in [0.2, 0.25) is 0 Å². The highest BCUT2D eigenvalue weighted by Gasteiger charge is 2.60. The molecule has 4 fully saturated rings. The van der Waals surface area contributed by atoms with Crippen LogP contribution in [0.4, 0.5) is 0 Å². The van der Waals surface area contributed by atoms with Crippen LogP contribution in [0.25, 0.3) is 0 Å². The van der Waals surface area contributed by atoms with Gasteiger partial charge in [0, 0.05) is 13.0 Å². The summed E-state index contributed by atoms with van der Waals surface area (Å²) in [6.07, 6.45) is 16.6. The molecular formula is C24H36O3. The summed E-state index contributed by atoms with van der Waals surface area (Å²) < 4.78 is 12.5. The fourth-order valence-corrected chi connectivity index (χ4v) is 7.81. The zero-order valence-electron chi connectivity index (χ0n) is 17.1. The van der Waals surface area contributed by atoms with Crippen LogP contribution in [0.2, 0.25) is 0 Å². The summed E-state index contributed by atoms with van der Waals surface area (Å²) in [5, 5.41) is 0. The standard InChI is InChI=1S/C24H36O3/c1-23-12-10-17(25)15-16(23)6-7-18-19-8-9-21(24(19,2)13-11-20(18)23)27-22-5-3-4-14-26-22/h10,12,16,18-22H,3-9,11,13-15H2,1-2H3/t16-,18-,19-,20-,21-,22+,23-,24-/m0/s1. The molecule has 5 rings (SSSR count). The summed E-state index contributed by atoms with van der Waals surface area (Å²) in [4.78, 5) is 12.0. The van der Waals surface area contributed by atoms with Gasteiger partial charge >= 0.3 is 0 Å². The van der Waals surface area contributed by atoms with Crippen molar-refractivity contribution >= 4 is 5.78 Å². The Morgan fingerprint density at radius 3 is 2.74 bits per heavy atom. The Kier molecular flexibility index (Phi) is 4.55. The molecule has 0 spiro atoms. The predicted octanol–water partition coefficient (Wildman–Crippen LogP) is 5.29. The minimum absolute atomic E-state index is 0.0394. The van der Waals surface area contributed by atoms with Crippen LogP contribution in [0.15, 0.2) is 12.2 Å². The molecule has 5 aliphatic rings. The highest BCUT2D eigenvalue weighted by molar-refractivity contribution is 5.91. The summed E-state index contributed by atoms with van der Waals surface area (Å²) in [6, 6.07) is 0. The first-order valence-corrected chi connectivity index (χ1v) is 11.5. The number of ketones is 1. The van der Waals surface area contributed by atoms with E-state index in [1.165, 1.54) is 51.4 Å². The van der Waals surface area contributed by atoms with E-state index in [9.17, 15) is 4.79 Å². The van der Waals surface area contributed by atoms with Crippen LogP contribution in [0.5, 0.6) is 0 Å². The zero-order valence-corrected chi connectivity index (χ0v) is 17.1. The lowest BCUT2D eigenvalue weighted by atomic mass is 9.46. The van der Waals surface area contributed by atoms with Crippen molar-refractivity contribution < 1.29 is 14.3 Å². The molecule has 1 saturated heterocycles. The molecule has 0 radical (unpaired) electrons. The van der Waals surface area contributed by atoms with Gasteiger partial charge in [0.1, 0.15) is 0 Å². The molecule has 8 atom stereocenters. The maximum absolute atomic E-state index is 12.0. The smallest absolute Gasteiger partial charge is 0.157 e. The third-order valence-corrected chi connectivity index (χ3v) is 9.41. The Bertz CT molecular complexity index is 621. The first-order valence-electron chi connectivity index (χ1n) is 11.5. The molecular weight excluding hydrogens is 336 g/mol. The Morgan fingerprint density at radius 1 is 1.04 bits per heavy atom. The zero-order chi connectivity index (χ0) is 18.6. The molecule has 0 amide bonds. The average Bonchev–Trinajstić information content (AvgIpc) is 3.00. The molecule has 1 heterocycles. The summed E-state index contributed by atoms with van der Waals surface area (Å²) in [6.45, 7) is 5.84. The van der Waals surface area contributed by atoms with E-state index in [-0.39, 0.29) is 11.7 Å². The molecule has 0 aromatic carbocycles. The van der Waals surface area contributed by atoms with Crippen LogP contribution in [0.3, 0.4) is 0 Å². The topological polar surface area (TPSA) is 35.5 Å². The fraction of sp³-hybridized carbons (Fsp3) is 0.875. The van der Waals surface area contributed by atoms with E-state index >= 15 is 0 Å². The minimum atomic E-state index is 0.0394. The van der Waals surface area contributed by atoms with Gasteiger partial charge in [-0.1, -0.05) is 19.9 Å². The van der Waals surface area contributed by atoms with Crippen molar-refractivity contribution in [2.45, 2.75) is 90.4 Å². The Labute approximate surface area is 164 Å². The number of carbonyl (C=O) groups is 1. The summed E-state index contributed by atoms with van der Waals surface area (Å²) in [5.41, 5.74) is 0.558. The Hall–Kier alpha value is -0.670. The molecule has 0 bridgehead atoms. The second-order valence-electron chi connectivity index (χ2n) is 10.6. The van der Waals surface area contributed by atoms with Crippen molar-refractivity contribution in [1.29, 1.82) is 0 Å². The molecule has 0 aromatic rings. The quantitative estimate of drug-likeness (QED) is 0.661. The molecule has 27 heavy (non-hydrogen) atoms. The molecule has 3 saturated carbocycles. The van der Waals surface area contributed by atoms with Gasteiger partial charge in [0.05, 0.1) is 6.10 Å². The molecule has 0 N–H and O–H groups in total. The molecule has 1 aliphatic heterocycles. The largest absolute Gasteiger partial charge is 0.353 e. The summed E-state index contributed by atoms with van der Waals surface area (Å²) >= 11 is 0. The first-order chi connectivity index (χ1) is 13.0. The van der Waals surface area contributed by atoms with Crippen molar-refractivity contribution in [2.24, 2.45) is 34.5 Å². The lowest BCUT2D eigenvalue weighted by Gasteiger charge is -2.58. The lowest BCUT2D eigenvalue weighted by molar-refractivity contribution is -0.217. The van der Waals surface area contributed by atoms with E-state index in [4.69, 9.17) is 9.47 Å². The minimum Gasteiger partial charge on any atom is -0.353 e. The maximum atomic E-state index is 12.0. The fourth-order valence-electron chi connectivity index (χ4n) is 7.81. The van der Waals surface area contributed by atoms with E-state index in [1.807, 2.05) is 6.08 Å². The van der Waals surface area contributed by atoms with Gasteiger partial charge in [0.25, 0.3) is 0 Å². The van der Waals surface area contributed by atoms with Crippen molar-refractivity contribution in [3.8, 4) is 0 Å². The third kappa shape index (κ3) is 2.87. The van der Waals surface area contributed by atoms with Crippen LogP contribution in [-0.2, 0) is 14.3 Å². The number of ether oxygens (including phenoxy) is 2. The number of hydrogen-bond acceptors (Lipinski definition) is 3. The third-order valence-electron chi connectivity index (χ3n) is 9.41. The van der Waals surface area contributed by atoms with Crippen LogP contribution < -0.4 is 0 Å². The van der Waals surface area contributed by atoms with E-state index in [2.05, 4.69) is 19.9 Å². The first kappa shape index (κ1) is 18.4. The highest BCUT2D eigenvalue weighted by Crippen LogP contribution is 2.65. The molecule has 4 aliphatic carbocycles. The van der Waals surface area contributed by atoms with E-state index < -0.39 is 0 Å². The average molecular weight is 373 g/mol.